The molecule has 0 saturated heterocycles. The molecule has 0 heterocycles. The van der Waals surface area contributed by atoms with E-state index < -0.39 is 6.04 Å². The highest BCUT2D eigenvalue weighted by Crippen LogP contribution is 2.18. The lowest BCUT2D eigenvalue weighted by Gasteiger charge is -2.26. The first kappa shape index (κ1) is 21.4. The molecule has 0 aromatic heterocycles. The molecular formula is C18H31NO4. The molecule has 0 radical (unpaired) electrons. The van der Waals surface area contributed by atoms with E-state index in [1.807, 2.05) is 13.8 Å². The zero-order valence-electron chi connectivity index (χ0n) is 15.1. The zero-order chi connectivity index (χ0) is 17.8. The van der Waals surface area contributed by atoms with Crippen LogP contribution < -0.4 is 0 Å². The van der Waals surface area contributed by atoms with Gasteiger partial charge in [-0.3, -0.25) is 9.59 Å². The molecule has 0 rings (SSSR count). The molecule has 0 fully saturated rings. The van der Waals surface area contributed by atoms with Crippen molar-refractivity contribution < 1.29 is 19.1 Å². The number of nitrogens with zero attached hydrogens (tertiary/aromatic N) is 1. The molecule has 0 aliphatic heterocycles. The van der Waals surface area contributed by atoms with E-state index in [9.17, 15) is 14.4 Å². The number of allylic oxidation sites excluding steroid dienone is 1. The molecule has 1 unspecified atom stereocenters. The molecule has 0 spiro atoms. The van der Waals surface area contributed by atoms with Gasteiger partial charge in [0, 0.05) is 13.5 Å². The first-order valence-corrected chi connectivity index (χ1v) is 8.41. The van der Waals surface area contributed by atoms with Crippen molar-refractivity contribution >= 4 is 18.7 Å². The second kappa shape index (κ2) is 11.9. The Morgan fingerprint density at radius 3 is 2.30 bits per heavy atom. The second-order valence-corrected chi connectivity index (χ2v) is 6.32. The van der Waals surface area contributed by atoms with Crippen molar-refractivity contribution in [1.82, 2.24) is 4.90 Å². The minimum atomic E-state index is -0.463. The van der Waals surface area contributed by atoms with E-state index in [1.165, 1.54) is 4.90 Å². The van der Waals surface area contributed by atoms with Crippen LogP contribution in [0.1, 0.15) is 66.2 Å². The van der Waals surface area contributed by atoms with Gasteiger partial charge >= 0.3 is 0 Å². The average Bonchev–Trinajstić information content (AvgIpc) is 2.53. The predicted molar refractivity (Wildman–Crippen MR) is 90.7 cm³/mol. The first-order valence-electron chi connectivity index (χ1n) is 8.41. The summed E-state index contributed by atoms with van der Waals surface area (Å²) in [6.45, 7) is 8.14. The summed E-state index contributed by atoms with van der Waals surface area (Å²) in [6, 6.07) is -0.463. The molecule has 132 valence electrons. The van der Waals surface area contributed by atoms with Crippen molar-refractivity contribution in [3.63, 3.8) is 0 Å². The van der Waals surface area contributed by atoms with Gasteiger partial charge in [0.15, 0.2) is 0 Å². The van der Waals surface area contributed by atoms with E-state index in [4.69, 9.17) is 4.74 Å². The fourth-order valence-corrected chi connectivity index (χ4v) is 2.43. The molecular weight excluding hydrogens is 294 g/mol. The van der Waals surface area contributed by atoms with Gasteiger partial charge < -0.3 is 14.4 Å². The molecule has 0 aromatic rings. The predicted octanol–water partition coefficient (Wildman–Crippen LogP) is 3.48. The number of hydrogen-bond acceptors (Lipinski definition) is 4. The Kier molecular flexibility index (Phi) is 11.0. The van der Waals surface area contributed by atoms with E-state index in [0.717, 1.165) is 32.0 Å². The lowest BCUT2D eigenvalue weighted by atomic mass is 10.0. The van der Waals surface area contributed by atoms with Gasteiger partial charge in [-0.05, 0) is 25.7 Å². The SMILES string of the molecule is CCCCCC/C(OC=O)=C(\C)C(=O)N(C)C(C=O)CC(C)C. The minimum absolute atomic E-state index is 0.268. The van der Waals surface area contributed by atoms with Gasteiger partial charge in [-0.2, -0.15) is 0 Å². The van der Waals surface area contributed by atoms with Gasteiger partial charge in [-0.15, -0.1) is 0 Å². The summed E-state index contributed by atoms with van der Waals surface area (Å²) in [5, 5.41) is 0. The van der Waals surface area contributed by atoms with E-state index >= 15 is 0 Å². The third kappa shape index (κ3) is 7.95. The Labute approximate surface area is 140 Å². The maximum Gasteiger partial charge on any atom is 0.298 e. The summed E-state index contributed by atoms with van der Waals surface area (Å²) in [5.74, 6) is 0.446. The number of ether oxygens (including phenoxy) is 1. The third-order valence-corrected chi connectivity index (χ3v) is 3.87. The first-order chi connectivity index (χ1) is 10.9. The smallest absolute Gasteiger partial charge is 0.298 e. The van der Waals surface area contributed by atoms with Crippen molar-refractivity contribution in [2.45, 2.75) is 72.3 Å². The van der Waals surface area contributed by atoms with Crippen LogP contribution in [-0.4, -0.2) is 36.7 Å². The highest BCUT2D eigenvalue weighted by Gasteiger charge is 2.23. The largest absolute Gasteiger partial charge is 0.433 e. The molecule has 5 heteroatoms. The molecule has 0 saturated carbocycles. The number of likely N-dealkylation sites (N-methyl/N-ethyl adjacent to an activating group) is 1. The molecule has 1 amide bonds. The molecule has 0 aliphatic carbocycles. The topological polar surface area (TPSA) is 63.7 Å². The fraction of sp³-hybridized carbons (Fsp3) is 0.722. The van der Waals surface area contributed by atoms with Crippen LogP contribution in [0.15, 0.2) is 11.3 Å². The molecule has 0 bridgehead atoms. The average molecular weight is 325 g/mol. The maximum atomic E-state index is 12.5. The van der Waals surface area contributed by atoms with Gasteiger partial charge in [0.25, 0.3) is 12.4 Å². The van der Waals surface area contributed by atoms with Crippen LogP contribution in [0.3, 0.4) is 0 Å². The number of rotatable bonds is 12. The van der Waals surface area contributed by atoms with Crippen LogP contribution in [0, 0.1) is 5.92 Å². The molecule has 0 N–H and O–H groups in total. The van der Waals surface area contributed by atoms with Crippen LogP contribution in [0.2, 0.25) is 0 Å². The van der Waals surface area contributed by atoms with E-state index in [0.29, 0.717) is 36.6 Å². The standard InChI is InChI=1S/C18H31NO4/c1-6-7-8-9-10-17(23-13-21)15(4)18(22)19(5)16(12-20)11-14(2)3/h12-14,16H,6-11H2,1-5H3/b17-15-. The normalized spacial score (nSPS) is 13.3. The highest BCUT2D eigenvalue weighted by atomic mass is 16.5. The number of carbonyl (C=O) groups is 3. The van der Waals surface area contributed by atoms with Crippen LogP contribution in [0.4, 0.5) is 0 Å². The molecule has 0 aliphatic rings. The van der Waals surface area contributed by atoms with Gasteiger partial charge in [0.1, 0.15) is 12.0 Å². The van der Waals surface area contributed by atoms with Crippen LogP contribution in [-0.2, 0) is 19.1 Å². The van der Waals surface area contributed by atoms with Crippen molar-refractivity contribution in [1.29, 1.82) is 0 Å². The highest BCUT2D eigenvalue weighted by molar-refractivity contribution is 5.94. The number of carbonyl (C=O) groups excluding carboxylic acids is 3. The van der Waals surface area contributed by atoms with Crippen molar-refractivity contribution in [3.8, 4) is 0 Å². The lowest BCUT2D eigenvalue weighted by molar-refractivity contribution is -0.132. The molecule has 23 heavy (non-hydrogen) atoms. The zero-order valence-corrected chi connectivity index (χ0v) is 15.1. The maximum absolute atomic E-state index is 12.5. The third-order valence-electron chi connectivity index (χ3n) is 3.87. The van der Waals surface area contributed by atoms with Gasteiger partial charge in [0.2, 0.25) is 0 Å². The van der Waals surface area contributed by atoms with Crippen molar-refractivity contribution in [2.75, 3.05) is 7.05 Å². The molecule has 5 nitrogen and oxygen atoms in total. The summed E-state index contributed by atoms with van der Waals surface area (Å²) in [5.41, 5.74) is 0.395. The van der Waals surface area contributed by atoms with Crippen molar-refractivity contribution in [3.05, 3.63) is 11.3 Å². The van der Waals surface area contributed by atoms with Crippen LogP contribution in [0.25, 0.3) is 0 Å². The Morgan fingerprint density at radius 1 is 1.17 bits per heavy atom. The van der Waals surface area contributed by atoms with Gasteiger partial charge in [-0.1, -0.05) is 40.0 Å². The van der Waals surface area contributed by atoms with E-state index in [2.05, 4.69) is 6.92 Å². The summed E-state index contributed by atoms with van der Waals surface area (Å²) < 4.78 is 5.01. The van der Waals surface area contributed by atoms with Gasteiger partial charge in [0.05, 0.1) is 11.6 Å². The van der Waals surface area contributed by atoms with E-state index in [1.54, 1.807) is 14.0 Å². The number of unbranched alkanes of at least 4 members (excludes halogenated alkanes) is 3. The van der Waals surface area contributed by atoms with Crippen LogP contribution >= 0.6 is 0 Å². The number of aldehydes is 1. The van der Waals surface area contributed by atoms with Crippen LogP contribution in [0.5, 0.6) is 0 Å². The Hall–Kier alpha value is -1.65. The Bertz CT molecular complexity index is 415. The minimum Gasteiger partial charge on any atom is -0.433 e. The summed E-state index contributed by atoms with van der Waals surface area (Å²) in [6.07, 6.45) is 6.10. The number of amides is 1. The summed E-state index contributed by atoms with van der Waals surface area (Å²) in [4.78, 5) is 35.9. The fourth-order valence-electron chi connectivity index (χ4n) is 2.43. The van der Waals surface area contributed by atoms with Crippen molar-refractivity contribution in [2.24, 2.45) is 5.92 Å². The summed E-state index contributed by atoms with van der Waals surface area (Å²) >= 11 is 0. The number of hydrogen-bond donors (Lipinski definition) is 0. The second-order valence-electron chi connectivity index (χ2n) is 6.32. The van der Waals surface area contributed by atoms with E-state index in [-0.39, 0.29) is 5.91 Å². The monoisotopic (exact) mass is 325 g/mol. The molecule has 1 atom stereocenters. The van der Waals surface area contributed by atoms with Gasteiger partial charge in [-0.25, -0.2) is 0 Å². The Balaban J connectivity index is 5.03. The molecule has 0 aromatic carbocycles. The Morgan fingerprint density at radius 2 is 1.83 bits per heavy atom. The lowest BCUT2D eigenvalue weighted by Crippen LogP contribution is -2.39. The summed E-state index contributed by atoms with van der Waals surface area (Å²) in [7, 11) is 1.61. The quantitative estimate of drug-likeness (QED) is 0.238.